The third-order valence-corrected chi connectivity index (χ3v) is 5.46. The van der Waals surface area contributed by atoms with Crippen molar-refractivity contribution in [3.05, 3.63) is 105 Å². The van der Waals surface area contributed by atoms with Crippen molar-refractivity contribution in [1.29, 1.82) is 0 Å². The van der Waals surface area contributed by atoms with E-state index in [-0.39, 0.29) is 5.56 Å². The number of nitrogens with zero attached hydrogens (tertiary/aromatic N) is 2. The van der Waals surface area contributed by atoms with Gasteiger partial charge in [0.2, 0.25) is 0 Å². The van der Waals surface area contributed by atoms with Gasteiger partial charge in [0.15, 0.2) is 0 Å². The van der Waals surface area contributed by atoms with Crippen LogP contribution in [0.3, 0.4) is 0 Å². The van der Waals surface area contributed by atoms with Gasteiger partial charge in [0.05, 0.1) is 30.6 Å². The van der Waals surface area contributed by atoms with E-state index in [1.807, 2.05) is 85.8 Å². The molecule has 0 aliphatic heterocycles. The van der Waals surface area contributed by atoms with Crippen molar-refractivity contribution in [1.82, 2.24) is 9.78 Å². The number of hydrogen-bond acceptors (Lipinski definition) is 3. The van der Waals surface area contributed by atoms with Crippen molar-refractivity contribution in [2.24, 2.45) is 4.99 Å². The summed E-state index contributed by atoms with van der Waals surface area (Å²) < 4.78 is 6.76. The second-order valence-electron chi connectivity index (χ2n) is 7.06. The second kappa shape index (κ2) is 9.06. The number of halogens is 1. The molecule has 6 heteroatoms. The predicted molar refractivity (Wildman–Crippen MR) is 126 cm³/mol. The quantitative estimate of drug-likeness (QED) is 0.409. The first-order chi connectivity index (χ1) is 15.1. The van der Waals surface area contributed by atoms with Crippen LogP contribution in [0.1, 0.15) is 18.1 Å². The summed E-state index contributed by atoms with van der Waals surface area (Å²) in [5.74, 6) is 0.726. The Balaban J connectivity index is 1.81. The molecule has 0 amide bonds. The third kappa shape index (κ3) is 4.32. The first-order valence-corrected chi connectivity index (χ1v) is 10.3. The molecule has 156 valence electrons. The maximum Gasteiger partial charge on any atom is 0.280 e. The molecule has 0 aliphatic rings. The second-order valence-corrected chi connectivity index (χ2v) is 7.47. The van der Waals surface area contributed by atoms with Crippen molar-refractivity contribution in [3.8, 4) is 22.7 Å². The summed E-state index contributed by atoms with van der Waals surface area (Å²) in [5.41, 5.74) is 4.28. The summed E-state index contributed by atoms with van der Waals surface area (Å²) in [6.07, 6.45) is 0. The molecular formula is C25H22ClN3O2. The largest absolute Gasteiger partial charge is 0.497 e. The van der Waals surface area contributed by atoms with Gasteiger partial charge in [-0.2, -0.15) is 0 Å². The molecule has 31 heavy (non-hydrogen) atoms. The number of ether oxygens (including phenoxy) is 1. The summed E-state index contributed by atoms with van der Waals surface area (Å²) in [6, 6.07) is 24.7. The van der Waals surface area contributed by atoms with E-state index >= 15 is 0 Å². The minimum Gasteiger partial charge on any atom is -0.497 e. The van der Waals surface area contributed by atoms with Gasteiger partial charge >= 0.3 is 0 Å². The van der Waals surface area contributed by atoms with E-state index in [0.29, 0.717) is 28.5 Å². The average molecular weight is 432 g/mol. The van der Waals surface area contributed by atoms with Gasteiger partial charge in [-0.25, -0.2) is 4.68 Å². The number of methoxy groups -OCH3 is 1. The fraction of sp³-hybridized carbons (Fsp3) is 0.120. The van der Waals surface area contributed by atoms with Gasteiger partial charge in [-0.3, -0.25) is 14.9 Å². The number of aromatic nitrogens is 2. The number of hydrogen-bond donors (Lipinski definition) is 1. The van der Waals surface area contributed by atoms with Gasteiger partial charge in [0.1, 0.15) is 5.75 Å². The highest BCUT2D eigenvalue weighted by molar-refractivity contribution is 6.31. The van der Waals surface area contributed by atoms with Gasteiger partial charge < -0.3 is 4.74 Å². The lowest BCUT2D eigenvalue weighted by Gasteiger charge is -2.04. The average Bonchev–Trinajstić information content (AvgIpc) is 3.16. The molecule has 5 nitrogen and oxygen atoms in total. The lowest BCUT2D eigenvalue weighted by molar-refractivity contribution is 0.414. The molecule has 0 fully saturated rings. The third-order valence-electron chi connectivity index (χ3n) is 5.09. The Labute approximate surface area is 185 Å². The molecule has 0 bridgehead atoms. The Morgan fingerprint density at radius 1 is 1.00 bits per heavy atom. The molecular weight excluding hydrogens is 410 g/mol. The Hall–Kier alpha value is -3.57. The van der Waals surface area contributed by atoms with E-state index in [9.17, 15) is 4.79 Å². The van der Waals surface area contributed by atoms with Gasteiger partial charge in [-0.1, -0.05) is 60.1 Å². The van der Waals surface area contributed by atoms with E-state index in [4.69, 9.17) is 16.3 Å². The molecule has 0 spiro atoms. The molecule has 4 rings (SSSR count). The van der Waals surface area contributed by atoms with Crippen LogP contribution in [0.2, 0.25) is 5.02 Å². The predicted octanol–water partition coefficient (Wildman–Crippen LogP) is 5.50. The molecule has 0 radical (unpaired) electrons. The normalized spacial score (nSPS) is 11.5. The Kier molecular flexibility index (Phi) is 6.05. The smallest absolute Gasteiger partial charge is 0.280 e. The summed E-state index contributed by atoms with van der Waals surface area (Å²) in [5, 5.41) is 3.93. The van der Waals surface area contributed by atoms with E-state index in [1.165, 1.54) is 4.68 Å². The van der Waals surface area contributed by atoms with E-state index in [0.717, 1.165) is 22.6 Å². The maximum absolute atomic E-state index is 13.4. The fourth-order valence-electron chi connectivity index (χ4n) is 3.41. The number of H-pyrrole nitrogens is 1. The van der Waals surface area contributed by atoms with Crippen LogP contribution in [-0.4, -0.2) is 22.6 Å². The van der Waals surface area contributed by atoms with Gasteiger partial charge in [0.25, 0.3) is 5.56 Å². The van der Waals surface area contributed by atoms with Crippen LogP contribution < -0.4 is 10.3 Å². The zero-order valence-corrected chi connectivity index (χ0v) is 18.1. The lowest BCUT2D eigenvalue weighted by atomic mass is 10.1. The maximum atomic E-state index is 13.4. The fourth-order valence-corrected chi connectivity index (χ4v) is 3.60. The molecule has 3 aromatic carbocycles. The summed E-state index contributed by atoms with van der Waals surface area (Å²) in [4.78, 5) is 18.1. The highest BCUT2D eigenvalue weighted by Crippen LogP contribution is 2.23. The van der Waals surface area contributed by atoms with Gasteiger partial charge in [0, 0.05) is 16.3 Å². The minimum absolute atomic E-state index is 0.163. The first-order valence-electron chi connectivity index (χ1n) is 9.88. The van der Waals surface area contributed by atoms with Gasteiger partial charge in [-0.15, -0.1) is 0 Å². The van der Waals surface area contributed by atoms with Crippen LogP contribution in [-0.2, 0) is 6.54 Å². The van der Waals surface area contributed by atoms with Crippen LogP contribution in [0.4, 0.5) is 0 Å². The van der Waals surface area contributed by atoms with Crippen molar-refractivity contribution >= 4 is 17.3 Å². The zero-order chi connectivity index (χ0) is 21.8. The van der Waals surface area contributed by atoms with Crippen molar-refractivity contribution < 1.29 is 4.74 Å². The molecule has 0 saturated heterocycles. The molecule has 0 aliphatic carbocycles. The first kappa shape index (κ1) is 20.7. The monoisotopic (exact) mass is 431 g/mol. The Morgan fingerprint density at radius 2 is 1.68 bits per heavy atom. The standard InChI is InChI=1S/C25H22ClN3O2/c1-17(27-16-19-10-6-7-11-22(19)26)23-24(18-8-4-3-5-9-18)28-29(25(23)30)20-12-14-21(31-2)15-13-20/h3-15,28H,16H2,1-2H3. The molecule has 0 unspecified atom stereocenters. The summed E-state index contributed by atoms with van der Waals surface area (Å²) in [7, 11) is 1.61. The van der Waals surface area contributed by atoms with E-state index in [2.05, 4.69) is 10.1 Å². The van der Waals surface area contributed by atoms with Crippen molar-refractivity contribution in [2.45, 2.75) is 13.5 Å². The minimum atomic E-state index is -0.163. The van der Waals surface area contributed by atoms with Crippen molar-refractivity contribution in [3.63, 3.8) is 0 Å². The number of nitrogens with one attached hydrogen (secondary N) is 1. The Bertz CT molecular complexity index is 1270. The van der Waals surface area contributed by atoms with E-state index in [1.54, 1.807) is 7.11 Å². The number of aliphatic imine (C=N–C) groups is 1. The SMILES string of the molecule is COc1ccc(-n2[nH]c(-c3ccccc3)c(C(C)=NCc3ccccc3Cl)c2=O)cc1. The van der Waals surface area contributed by atoms with Crippen molar-refractivity contribution in [2.75, 3.05) is 7.11 Å². The lowest BCUT2D eigenvalue weighted by Crippen LogP contribution is -2.19. The zero-order valence-electron chi connectivity index (χ0n) is 17.3. The highest BCUT2D eigenvalue weighted by atomic mass is 35.5. The van der Waals surface area contributed by atoms with Crippen LogP contribution in [0, 0.1) is 0 Å². The molecule has 0 atom stereocenters. The summed E-state index contributed by atoms with van der Waals surface area (Å²) >= 11 is 6.27. The molecule has 1 aromatic heterocycles. The number of benzene rings is 3. The molecule has 0 saturated carbocycles. The molecule has 1 N–H and O–H groups in total. The van der Waals surface area contributed by atoms with E-state index < -0.39 is 0 Å². The van der Waals surface area contributed by atoms with Crippen LogP contribution in [0.15, 0.2) is 88.6 Å². The molecule has 4 aromatic rings. The topological polar surface area (TPSA) is 59.4 Å². The number of rotatable bonds is 6. The van der Waals surface area contributed by atoms with Crippen LogP contribution in [0.25, 0.3) is 16.9 Å². The Morgan fingerprint density at radius 3 is 2.35 bits per heavy atom. The van der Waals surface area contributed by atoms with Crippen LogP contribution >= 0.6 is 11.6 Å². The van der Waals surface area contributed by atoms with Gasteiger partial charge in [-0.05, 0) is 42.8 Å². The number of aromatic amines is 1. The highest BCUT2D eigenvalue weighted by Gasteiger charge is 2.19. The van der Waals surface area contributed by atoms with Crippen LogP contribution in [0.5, 0.6) is 5.75 Å². The molecule has 1 heterocycles. The summed E-state index contributed by atoms with van der Waals surface area (Å²) in [6.45, 7) is 2.25.